The number of hydrogen-bond acceptors (Lipinski definition) is 6. The second kappa shape index (κ2) is 7.85. The molecule has 0 atom stereocenters. The summed E-state index contributed by atoms with van der Waals surface area (Å²) < 4.78 is 32.7. The third kappa shape index (κ3) is 4.40. The standard InChI is InChI=1S/C20H22N4O3S/c1-13-5-7-17(14(2)11-13)21-19-9-10-20(23-22-19)24-28(25,26)16-6-8-18(27-4)15(3)12-16/h5-12H,1-4H3,(H,21,22)(H,23,24). The minimum Gasteiger partial charge on any atom is -0.496 e. The number of nitrogens with one attached hydrogen (secondary N) is 2. The average molecular weight is 398 g/mol. The van der Waals surface area contributed by atoms with Gasteiger partial charge in [0.15, 0.2) is 11.6 Å². The van der Waals surface area contributed by atoms with Gasteiger partial charge in [-0.25, -0.2) is 8.42 Å². The van der Waals surface area contributed by atoms with Gasteiger partial charge in [-0.15, -0.1) is 10.2 Å². The Hall–Kier alpha value is -3.13. The van der Waals surface area contributed by atoms with Gasteiger partial charge in [-0.05, 0) is 68.3 Å². The molecular weight excluding hydrogens is 376 g/mol. The summed E-state index contributed by atoms with van der Waals surface area (Å²) >= 11 is 0. The molecule has 28 heavy (non-hydrogen) atoms. The molecule has 0 saturated heterocycles. The molecule has 8 heteroatoms. The minimum atomic E-state index is -3.77. The zero-order chi connectivity index (χ0) is 20.3. The van der Waals surface area contributed by atoms with Crippen molar-refractivity contribution < 1.29 is 13.2 Å². The van der Waals surface area contributed by atoms with E-state index in [0.29, 0.717) is 11.6 Å². The van der Waals surface area contributed by atoms with Crippen molar-refractivity contribution in [2.24, 2.45) is 0 Å². The summed E-state index contributed by atoms with van der Waals surface area (Å²) in [6.07, 6.45) is 0. The fourth-order valence-electron chi connectivity index (χ4n) is 2.76. The van der Waals surface area contributed by atoms with E-state index in [1.165, 1.54) is 18.7 Å². The highest BCUT2D eigenvalue weighted by Crippen LogP contribution is 2.23. The zero-order valence-corrected chi connectivity index (χ0v) is 17.0. The predicted molar refractivity (Wildman–Crippen MR) is 110 cm³/mol. The van der Waals surface area contributed by atoms with Crippen LogP contribution in [0.4, 0.5) is 17.3 Å². The number of rotatable bonds is 6. The van der Waals surface area contributed by atoms with Gasteiger partial charge in [0.25, 0.3) is 10.0 Å². The van der Waals surface area contributed by atoms with Crippen LogP contribution in [0.25, 0.3) is 0 Å². The summed E-state index contributed by atoms with van der Waals surface area (Å²) in [5.41, 5.74) is 3.90. The summed E-state index contributed by atoms with van der Waals surface area (Å²) in [5, 5.41) is 11.2. The highest BCUT2D eigenvalue weighted by atomic mass is 32.2. The third-order valence-electron chi connectivity index (χ3n) is 4.22. The molecule has 3 rings (SSSR count). The van der Waals surface area contributed by atoms with Gasteiger partial charge in [-0.3, -0.25) is 4.72 Å². The molecule has 2 N–H and O–H groups in total. The van der Waals surface area contributed by atoms with Crippen LogP contribution in [0.5, 0.6) is 5.75 Å². The summed E-state index contributed by atoms with van der Waals surface area (Å²) in [5.74, 6) is 1.29. The van der Waals surface area contributed by atoms with Crippen molar-refractivity contribution in [2.45, 2.75) is 25.7 Å². The van der Waals surface area contributed by atoms with E-state index < -0.39 is 10.0 Å². The lowest BCUT2D eigenvalue weighted by Gasteiger charge is -2.11. The summed E-state index contributed by atoms with van der Waals surface area (Å²) in [6, 6.07) is 13.9. The fourth-order valence-corrected chi connectivity index (χ4v) is 3.84. The summed E-state index contributed by atoms with van der Waals surface area (Å²) in [4.78, 5) is 0.130. The smallest absolute Gasteiger partial charge is 0.263 e. The van der Waals surface area contributed by atoms with Crippen LogP contribution in [0.2, 0.25) is 0 Å². The van der Waals surface area contributed by atoms with Gasteiger partial charge in [0.05, 0.1) is 12.0 Å². The maximum Gasteiger partial charge on any atom is 0.263 e. The quantitative estimate of drug-likeness (QED) is 0.653. The molecule has 0 aliphatic carbocycles. The second-order valence-corrected chi connectivity index (χ2v) is 8.17. The summed E-state index contributed by atoms with van der Waals surface area (Å²) in [6.45, 7) is 5.81. The van der Waals surface area contributed by atoms with Crippen LogP contribution >= 0.6 is 0 Å². The highest BCUT2D eigenvalue weighted by Gasteiger charge is 2.16. The van der Waals surface area contributed by atoms with Crippen molar-refractivity contribution in [1.82, 2.24) is 10.2 Å². The third-order valence-corrected chi connectivity index (χ3v) is 5.58. The van der Waals surface area contributed by atoms with E-state index in [0.717, 1.165) is 16.8 Å². The number of benzene rings is 2. The lowest BCUT2D eigenvalue weighted by Crippen LogP contribution is -2.14. The number of aryl methyl sites for hydroxylation is 3. The molecule has 1 aromatic heterocycles. The predicted octanol–water partition coefficient (Wildman–Crippen LogP) is 3.95. The first-order valence-corrected chi connectivity index (χ1v) is 10.1. The molecule has 146 valence electrons. The van der Waals surface area contributed by atoms with Crippen LogP contribution in [0.1, 0.15) is 16.7 Å². The molecule has 0 fully saturated rings. The van der Waals surface area contributed by atoms with Crippen LogP contribution in [-0.4, -0.2) is 25.7 Å². The highest BCUT2D eigenvalue weighted by molar-refractivity contribution is 7.92. The molecule has 0 radical (unpaired) electrons. The molecule has 7 nitrogen and oxygen atoms in total. The Morgan fingerprint density at radius 3 is 2.18 bits per heavy atom. The Kier molecular flexibility index (Phi) is 5.51. The number of anilines is 3. The lowest BCUT2D eigenvalue weighted by molar-refractivity contribution is 0.411. The summed E-state index contributed by atoms with van der Waals surface area (Å²) in [7, 11) is -2.23. The number of ether oxygens (including phenoxy) is 1. The van der Waals surface area contributed by atoms with Gasteiger partial charge in [0, 0.05) is 5.69 Å². The van der Waals surface area contributed by atoms with Crippen molar-refractivity contribution in [3.63, 3.8) is 0 Å². The van der Waals surface area contributed by atoms with Crippen LogP contribution in [-0.2, 0) is 10.0 Å². The van der Waals surface area contributed by atoms with E-state index in [9.17, 15) is 8.42 Å². The molecule has 0 aliphatic heterocycles. The van der Waals surface area contributed by atoms with Gasteiger partial charge < -0.3 is 10.1 Å². The molecule has 0 saturated carbocycles. The largest absolute Gasteiger partial charge is 0.496 e. The molecule has 0 amide bonds. The molecule has 0 bridgehead atoms. The molecule has 0 unspecified atom stereocenters. The number of sulfonamides is 1. The number of hydrogen-bond donors (Lipinski definition) is 2. The van der Waals surface area contributed by atoms with Crippen LogP contribution < -0.4 is 14.8 Å². The molecule has 2 aromatic carbocycles. The molecule has 0 spiro atoms. The van der Waals surface area contributed by atoms with E-state index >= 15 is 0 Å². The van der Waals surface area contributed by atoms with Crippen molar-refractivity contribution >= 4 is 27.3 Å². The van der Waals surface area contributed by atoms with E-state index in [1.54, 1.807) is 31.2 Å². The molecule has 0 aliphatic rings. The van der Waals surface area contributed by atoms with Crippen molar-refractivity contribution in [2.75, 3.05) is 17.1 Å². The van der Waals surface area contributed by atoms with Gasteiger partial charge in [0.1, 0.15) is 5.75 Å². The van der Waals surface area contributed by atoms with Gasteiger partial charge in [-0.1, -0.05) is 17.7 Å². The van der Waals surface area contributed by atoms with E-state index in [1.807, 2.05) is 26.0 Å². The minimum absolute atomic E-state index is 0.130. The topological polar surface area (TPSA) is 93.2 Å². The molecular formula is C20H22N4O3S. The van der Waals surface area contributed by atoms with Crippen LogP contribution in [0, 0.1) is 20.8 Å². The Morgan fingerprint density at radius 2 is 1.57 bits per heavy atom. The zero-order valence-electron chi connectivity index (χ0n) is 16.1. The first kappa shape index (κ1) is 19.6. The Balaban J connectivity index is 1.75. The van der Waals surface area contributed by atoms with Crippen LogP contribution in [0.15, 0.2) is 53.4 Å². The normalized spacial score (nSPS) is 11.1. The molecule has 3 aromatic rings. The lowest BCUT2D eigenvalue weighted by atomic mass is 10.1. The van der Waals surface area contributed by atoms with E-state index in [2.05, 4.69) is 26.3 Å². The number of methoxy groups -OCH3 is 1. The van der Waals surface area contributed by atoms with Crippen LogP contribution in [0.3, 0.4) is 0 Å². The monoisotopic (exact) mass is 398 g/mol. The maximum atomic E-state index is 12.6. The van der Waals surface area contributed by atoms with E-state index in [-0.39, 0.29) is 10.7 Å². The van der Waals surface area contributed by atoms with Gasteiger partial charge in [-0.2, -0.15) is 0 Å². The Morgan fingerprint density at radius 1 is 0.857 bits per heavy atom. The first-order valence-electron chi connectivity index (χ1n) is 8.64. The Labute approximate surface area is 164 Å². The number of aromatic nitrogens is 2. The first-order chi connectivity index (χ1) is 13.3. The average Bonchev–Trinajstić information content (AvgIpc) is 2.65. The molecule has 1 heterocycles. The van der Waals surface area contributed by atoms with Crippen molar-refractivity contribution in [3.05, 3.63) is 65.2 Å². The fraction of sp³-hybridized carbons (Fsp3) is 0.200. The number of nitrogens with zero attached hydrogens (tertiary/aromatic N) is 2. The van der Waals surface area contributed by atoms with E-state index in [4.69, 9.17) is 4.74 Å². The SMILES string of the molecule is COc1ccc(S(=O)(=O)Nc2ccc(Nc3ccc(C)cc3C)nn2)cc1C. The maximum absolute atomic E-state index is 12.6. The second-order valence-electron chi connectivity index (χ2n) is 6.48. The van der Waals surface area contributed by atoms with Crippen molar-refractivity contribution in [3.8, 4) is 5.75 Å². The van der Waals surface area contributed by atoms with Crippen molar-refractivity contribution in [1.29, 1.82) is 0 Å². The Bertz CT molecular complexity index is 1100. The van der Waals surface area contributed by atoms with Gasteiger partial charge in [0.2, 0.25) is 0 Å². The van der Waals surface area contributed by atoms with Gasteiger partial charge >= 0.3 is 0 Å².